The molecule has 0 unspecified atom stereocenters. The van der Waals surface area contributed by atoms with Crippen molar-refractivity contribution in [3.63, 3.8) is 0 Å². The highest BCUT2D eigenvalue weighted by molar-refractivity contribution is 7.99. The molecule has 1 aromatic carbocycles. The molecule has 0 aliphatic carbocycles. The summed E-state index contributed by atoms with van der Waals surface area (Å²) in [5, 5.41) is 10.4. The molecule has 2 N–H and O–H groups in total. The average Bonchev–Trinajstić information content (AvgIpc) is 2.39. The fourth-order valence-electron chi connectivity index (χ4n) is 1.28. The Morgan fingerprint density at radius 1 is 1.37 bits per heavy atom. The zero-order chi connectivity index (χ0) is 14.3. The fraction of sp³-hybridized carbons (Fsp3) is 0.462. The van der Waals surface area contributed by atoms with E-state index in [1.54, 1.807) is 0 Å². The van der Waals surface area contributed by atoms with E-state index >= 15 is 0 Å². The number of aliphatic hydroxyl groups excluding tert-OH is 1. The lowest BCUT2D eigenvalue weighted by molar-refractivity contribution is -0.121. The lowest BCUT2D eigenvalue weighted by atomic mass is 10.2. The topological polar surface area (TPSA) is 49.3 Å². The summed E-state index contributed by atoms with van der Waals surface area (Å²) < 4.78 is 25.3. The van der Waals surface area contributed by atoms with Crippen LogP contribution in [0.25, 0.3) is 0 Å². The highest BCUT2D eigenvalue weighted by atomic mass is 32.2. The van der Waals surface area contributed by atoms with Crippen molar-refractivity contribution >= 4 is 17.7 Å². The SMILES string of the molecule is Cc1ccc(CSCC(=O)NCC(F)(F)CO)cc1. The number of alkyl halides is 2. The second-order valence-corrected chi connectivity index (χ2v) is 5.25. The maximum atomic E-state index is 12.7. The molecular formula is C13H17F2NO2S. The molecule has 0 aliphatic heterocycles. The highest BCUT2D eigenvalue weighted by Gasteiger charge is 2.27. The van der Waals surface area contributed by atoms with Crippen LogP contribution in [0.4, 0.5) is 8.78 Å². The van der Waals surface area contributed by atoms with Crippen LogP contribution in [0, 0.1) is 6.92 Å². The lowest BCUT2D eigenvalue weighted by Gasteiger charge is -2.13. The number of hydrogen-bond donors (Lipinski definition) is 2. The van der Waals surface area contributed by atoms with Crippen molar-refractivity contribution in [2.75, 3.05) is 18.9 Å². The maximum absolute atomic E-state index is 12.7. The standard InChI is InChI=1S/C13H17F2NO2S/c1-10-2-4-11(5-3-10)6-19-7-12(18)16-8-13(14,15)9-17/h2-5,17H,6-9H2,1H3,(H,16,18). The monoisotopic (exact) mass is 289 g/mol. The Hall–Kier alpha value is -1.14. The third-order valence-electron chi connectivity index (χ3n) is 2.40. The number of aryl methyl sites for hydroxylation is 1. The number of amides is 1. The van der Waals surface area contributed by atoms with Gasteiger partial charge in [-0.2, -0.15) is 0 Å². The molecule has 0 heterocycles. The Labute approximate surface area is 115 Å². The zero-order valence-corrected chi connectivity index (χ0v) is 11.5. The number of hydrogen-bond acceptors (Lipinski definition) is 3. The summed E-state index contributed by atoms with van der Waals surface area (Å²) in [6.45, 7) is -0.0943. The zero-order valence-electron chi connectivity index (χ0n) is 10.7. The molecule has 0 spiro atoms. The van der Waals surface area contributed by atoms with Crippen molar-refractivity contribution in [1.29, 1.82) is 0 Å². The molecule has 6 heteroatoms. The third kappa shape index (κ3) is 6.54. The van der Waals surface area contributed by atoms with Gasteiger partial charge in [-0.15, -0.1) is 11.8 Å². The van der Waals surface area contributed by atoms with Crippen LogP contribution < -0.4 is 5.32 Å². The number of thioether (sulfide) groups is 1. The molecule has 106 valence electrons. The van der Waals surface area contributed by atoms with Crippen molar-refractivity contribution < 1.29 is 18.7 Å². The van der Waals surface area contributed by atoms with Crippen LogP contribution in [-0.4, -0.2) is 35.8 Å². The Balaban J connectivity index is 2.22. The molecule has 19 heavy (non-hydrogen) atoms. The third-order valence-corrected chi connectivity index (χ3v) is 3.40. The van der Waals surface area contributed by atoms with E-state index in [0.29, 0.717) is 5.75 Å². The Bertz CT molecular complexity index is 410. The molecule has 1 aromatic rings. The van der Waals surface area contributed by atoms with Gasteiger partial charge in [-0.1, -0.05) is 29.8 Å². The van der Waals surface area contributed by atoms with Gasteiger partial charge < -0.3 is 10.4 Å². The van der Waals surface area contributed by atoms with E-state index < -0.39 is 25.0 Å². The summed E-state index contributed by atoms with van der Waals surface area (Å²) >= 11 is 1.36. The molecule has 3 nitrogen and oxygen atoms in total. The van der Waals surface area contributed by atoms with Crippen LogP contribution in [0.3, 0.4) is 0 Å². The predicted molar refractivity (Wildman–Crippen MR) is 72.4 cm³/mol. The lowest BCUT2D eigenvalue weighted by Crippen LogP contribution is -2.39. The first-order valence-corrected chi connectivity index (χ1v) is 6.97. The summed E-state index contributed by atoms with van der Waals surface area (Å²) in [7, 11) is 0. The molecule has 0 saturated heterocycles. The Morgan fingerprint density at radius 3 is 2.58 bits per heavy atom. The van der Waals surface area contributed by atoms with E-state index in [-0.39, 0.29) is 5.75 Å². The second kappa shape index (κ2) is 7.45. The van der Waals surface area contributed by atoms with Gasteiger partial charge in [0.05, 0.1) is 12.3 Å². The van der Waals surface area contributed by atoms with E-state index in [4.69, 9.17) is 5.11 Å². The van der Waals surface area contributed by atoms with E-state index in [9.17, 15) is 13.6 Å². The van der Waals surface area contributed by atoms with Gasteiger partial charge in [0.1, 0.15) is 6.61 Å². The van der Waals surface area contributed by atoms with Crippen molar-refractivity contribution in [3.8, 4) is 0 Å². The van der Waals surface area contributed by atoms with Gasteiger partial charge in [-0.05, 0) is 12.5 Å². The largest absolute Gasteiger partial charge is 0.390 e. The first kappa shape index (κ1) is 15.9. The van der Waals surface area contributed by atoms with Gasteiger partial charge in [0, 0.05) is 5.75 Å². The molecular weight excluding hydrogens is 272 g/mol. The van der Waals surface area contributed by atoms with E-state index in [0.717, 1.165) is 11.1 Å². The van der Waals surface area contributed by atoms with Crippen molar-refractivity contribution in [1.82, 2.24) is 5.32 Å². The van der Waals surface area contributed by atoms with E-state index in [1.165, 1.54) is 11.8 Å². The van der Waals surface area contributed by atoms with Crippen LogP contribution in [0.5, 0.6) is 0 Å². The molecule has 0 fully saturated rings. The minimum absolute atomic E-state index is 0.120. The number of rotatable bonds is 7. The van der Waals surface area contributed by atoms with Crippen LogP contribution in [0.1, 0.15) is 11.1 Å². The minimum Gasteiger partial charge on any atom is -0.390 e. The summed E-state index contributed by atoms with van der Waals surface area (Å²) in [5.74, 6) is -2.93. The quantitative estimate of drug-likeness (QED) is 0.807. The number of aliphatic hydroxyl groups is 1. The molecule has 0 aromatic heterocycles. The van der Waals surface area contributed by atoms with Gasteiger partial charge >= 0.3 is 0 Å². The number of nitrogens with one attached hydrogen (secondary N) is 1. The molecule has 1 rings (SSSR count). The van der Waals surface area contributed by atoms with Gasteiger partial charge in [0.15, 0.2) is 0 Å². The van der Waals surface area contributed by atoms with Gasteiger partial charge in [0.2, 0.25) is 5.91 Å². The highest BCUT2D eigenvalue weighted by Crippen LogP contribution is 2.13. The number of carbonyl (C=O) groups is 1. The first-order valence-electron chi connectivity index (χ1n) is 5.81. The molecule has 0 atom stereocenters. The number of halogens is 2. The number of carbonyl (C=O) groups excluding carboxylic acids is 1. The average molecular weight is 289 g/mol. The fourth-order valence-corrected chi connectivity index (χ4v) is 2.10. The van der Waals surface area contributed by atoms with Crippen LogP contribution in [0.15, 0.2) is 24.3 Å². The summed E-state index contributed by atoms with van der Waals surface area (Å²) in [6, 6.07) is 7.91. The number of benzene rings is 1. The van der Waals surface area contributed by atoms with Crippen molar-refractivity contribution in [2.24, 2.45) is 0 Å². The molecule has 1 amide bonds. The maximum Gasteiger partial charge on any atom is 0.287 e. The molecule has 0 bridgehead atoms. The second-order valence-electron chi connectivity index (χ2n) is 4.27. The van der Waals surface area contributed by atoms with Crippen molar-refractivity contribution in [2.45, 2.75) is 18.6 Å². The summed E-state index contributed by atoms with van der Waals surface area (Å²) in [5.41, 5.74) is 2.25. The molecule has 0 saturated carbocycles. The van der Waals surface area contributed by atoms with Crippen molar-refractivity contribution in [3.05, 3.63) is 35.4 Å². The Morgan fingerprint density at radius 2 is 2.00 bits per heavy atom. The van der Waals surface area contributed by atoms with Gasteiger partial charge in [-0.3, -0.25) is 4.79 Å². The van der Waals surface area contributed by atoms with Crippen LogP contribution >= 0.6 is 11.8 Å². The van der Waals surface area contributed by atoms with Crippen LogP contribution in [0.2, 0.25) is 0 Å². The van der Waals surface area contributed by atoms with Gasteiger partial charge in [0.25, 0.3) is 5.92 Å². The summed E-state index contributed by atoms with van der Waals surface area (Å²) in [4.78, 5) is 11.3. The van der Waals surface area contributed by atoms with E-state index in [1.807, 2.05) is 31.2 Å². The predicted octanol–water partition coefficient (Wildman–Crippen LogP) is 1.97. The minimum atomic E-state index is -3.25. The van der Waals surface area contributed by atoms with Gasteiger partial charge in [-0.25, -0.2) is 8.78 Å². The van der Waals surface area contributed by atoms with E-state index in [2.05, 4.69) is 5.32 Å². The molecule has 0 aliphatic rings. The first-order chi connectivity index (χ1) is 8.93. The normalized spacial score (nSPS) is 11.4. The summed E-state index contributed by atoms with van der Waals surface area (Å²) in [6.07, 6.45) is 0. The van der Waals surface area contributed by atoms with Crippen LogP contribution in [-0.2, 0) is 10.5 Å². The Kier molecular flexibility index (Phi) is 6.24. The molecule has 0 radical (unpaired) electrons. The smallest absolute Gasteiger partial charge is 0.287 e.